The third-order valence-electron chi connectivity index (χ3n) is 4.26. The molecule has 1 saturated heterocycles. The van der Waals surface area contributed by atoms with Crippen LogP contribution in [-0.4, -0.2) is 49.9 Å². The van der Waals surface area contributed by atoms with Gasteiger partial charge in [-0.2, -0.15) is 0 Å². The van der Waals surface area contributed by atoms with Crippen LogP contribution in [0.25, 0.3) is 0 Å². The minimum absolute atomic E-state index is 0. The highest BCUT2D eigenvalue weighted by Crippen LogP contribution is 2.26. The van der Waals surface area contributed by atoms with Crippen molar-refractivity contribution in [2.24, 2.45) is 10.9 Å². The number of rotatable bonds is 5. The van der Waals surface area contributed by atoms with Crippen LogP contribution < -0.4 is 10.1 Å². The molecule has 1 aliphatic heterocycles. The first-order chi connectivity index (χ1) is 12.8. The molecule has 0 radical (unpaired) electrons. The number of likely N-dealkylation sites (tertiary alicyclic amines) is 1. The lowest BCUT2D eigenvalue weighted by atomic mass is 9.97. The first-order valence-corrected chi connectivity index (χ1v) is 8.80. The molecule has 0 spiro atoms. The number of hydrogen-bond donors (Lipinski definition) is 1. The fourth-order valence-electron chi connectivity index (χ4n) is 2.97. The smallest absolute Gasteiger partial charge is 0.466 e. The highest BCUT2D eigenvalue weighted by molar-refractivity contribution is 14.0. The molecule has 0 atom stereocenters. The summed E-state index contributed by atoms with van der Waals surface area (Å²) in [6.07, 6.45) is -3.45. The number of para-hydroxylation sites is 1. The van der Waals surface area contributed by atoms with E-state index in [9.17, 15) is 18.0 Å². The number of halogens is 4. The number of carbonyl (C=O) groups is 1. The summed E-state index contributed by atoms with van der Waals surface area (Å²) in [7, 11) is 1.61. The summed E-state index contributed by atoms with van der Waals surface area (Å²) in [4.78, 5) is 18.0. The molecule has 1 heterocycles. The molecular weight excluding hydrogens is 490 g/mol. The van der Waals surface area contributed by atoms with Crippen LogP contribution in [0.3, 0.4) is 0 Å². The zero-order chi connectivity index (χ0) is 19.9. The van der Waals surface area contributed by atoms with Crippen LogP contribution in [0.15, 0.2) is 29.3 Å². The highest BCUT2D eigenvalue weighted by Gasteiger charge is 2.32. The van der Waals surface area contributed by atoms with Gasteiger partial charge >= 0.3 is 12.3 Å². The van der Waals surface area contributed by atoms with Gasteiger partial charge in [0.05, 0.1) is 12.5 Å². The molecule has 28 heavy (non-hydrogen) atoms. The molecule has 0 unspecified atom stereocenters. The summed E-state index contributed by atoms with van der Waals surface area (Å²) in [5.74, 6) is 0.0200. The minimum Gasteiger partial charge on any atom is -0.466 e. The fourth-order valence-corrected chi connectivity index (χ4v) is 2.97. The van der Waals surface area contributed by atoms with E-state index in [4.69, 9.17) is 4.74 Å². The van der Waals surface area contributed by atoms with Gasteiger partial charge < -0.3 is 19.7 Å². The van der Waals surface area contributed by atoms with Crippen LogP contribution in [0.4, 0.5) is 13.2 Å². The van der Waals surface area contributed by atoms with Gasteiger partial charge in [-0.25, -0.2) is 0 Å². The van der Waals surface area contributed by atoms with Crippen molar-refractivity contribution >= 4 is 35.9 Å². The molecule has 0 aliphatic carbocycles. The zero-order valence-electron chi connectivity index (χ0n) is 15.8. The molecule has 1 N–H and O–H groups in total. The van der Waals surface area contributed by atoms with Crippen LogP contribution in [0.5, 0.6) is 5.75 Å². The lowest BCUT2D eigenvalue weighted by Crippen LogP contribution is -2.46. The number of ether oxygens (including phenoxy) is 2. The summed E-state index contributed by atoms with van der Waals surface area (Å²) in [5.41, 5.74) is 0.373. The Morgan fingerprint density at radius 2 is 1.93 bits per heavy atom. The molecular formula is C18H25F3IN3O3. The number of carbonyl (C=O) groups excluding carboxylic acids is 1. The maximum absolute atomic E-state index is 12.5. The van der Waals surface area contributed by atoms with E-state index in [0.29, 0.717) is 44.1 Å². The number of piperidine rings is 1. The normalized spacial score (nSPS) is 15.6. The van der Waals surface area contributed by atoms with Gasteiger partial charge in [0.15, 0.2) is 5.96 Å². The quantitative estimate of drug-likeness (QED) is 0.282. The van der Waals surface area contributed by atoms with Crippen molar-refractivity contribution in [1.29, 1.82) is 0 Å². The second kappa shape index (κ2) is 11.3. The van der Waals surface area contributed by atoms with Gasteiger partial charge in [0.2, 0.25) is 0 Å². The van der Waals surface area contributed by atoms with Gasteiger partial charge in [-0.05, 0) is 25.8 Å². The number of guanidine groups is 1. The predicted octanol–water partition coefficient (Wildman–Crippen LogP) is 3.55. The summed E-state index contributed by atoms with van der Waals surface area (Å²) in [6.45, 7) is 3.51. The lowest BCUT2D eigenvalue weighted by molar-refractivity contribution is -0.274. The first kappa shape index (κ1) is 24.3. The van der Waals surface area contributed by atoms with Gasteiger partial charge in [-0.3, -0.25) is 9.79 Å². The maximum Gasteiger partial charge on any atom is 0.573 e. The van der Waals surface area contributed by atoms with Gasteiger partial charge in [-0.15, -0.1) is 37.1 Å². The number of nitrogens with one attached hydrogen (secondary N) is 1. The van der Waals surface area contributed by atoms with E-state index in [2.05, 4.69) is 15.0 Å². The van der Waals surface area contributed by atoms with Crippen molar-refractivity contribution in [2.45, 2.75) is 32.7 Å². The van der Waals surface area contributed by atoms with E-state index in [0.717, 1.165) is 0 Å². The van der Waals surface area contributed by atoms with Crippen molar-refractivity contribution in [1.82, 2.24) is 10.2 Å². The average Bonchev–Trinajstić information content (AvgIpc) is 2.63. The second-order valence-corrected chi connectivity index (χ2v) is 6.07. The number of nitrogens with zero attached hydrogens (tertiary/aromatic N) is 2. The standard InChI is InChI=1S/C18H24F3N3O3.HI/c1-3-26-16(25)13-8-10-24(11-9-13)17(22-2)23-12-14-6-4-5-7-15(14)27-18(19,20)21;/h4-7,13H,3,8-12H2,1-2H3,(H,22,23);1H. The molecule has 1 aromatic carbocycles. The molecule has 6 nitrogen and oxygen atoms in total. The van der Waals surface area contributed by atoms with Crippen LogP contribution in [0, 0.1) is 5.92 Å². The monoisotopic (exact) mass is 515 g/mol. The van der Waals surface area contributed by atoms with Crippen LogP contribution in [-0.2, 0) is 16.1 Å². The molecule has 0 aromatic heterocycles. The topological polar surface area (TPSA) is 63.2 Å². The molecule has 158 valence electrons. The van der Waals surface area contributed by atoms with E-state index in [-0.39, 0.29) is 48.2 Å². The Kier molecular flexibility index (Phi) is 9.83. The predicted molar refractivity (Wildman–Crippen MR) is 110 cm³/mol. The Bertz CT molecular complexity index is 663. The van der Waals surface area contributed by atoms with Crippen molar-refractivity contribution in [3.05, 3.63) is 29.8 Å². The van der Waals surface area contributed by atoms with Gasteiger partial charge in [-0.1, -0.05) is 18.2 Å². The Labute approximate surface area is 179 Å². The SMILES string of the molecule is CCOC(=O)C1CCN(C(=NC)NCc2ccccc2OC(F)(F)F)CC1.I. The third-order valence-corrected chi connectivity index (χ3v) is 4.26. The number of esters is 1. The molecule has 0 saturated carbocycles. The Morgan fingerprint density at radius 3 is 2.50 bits per heavy atom. The van der Waals surface area contributed by atoms with Gasteiger partial charge in [0, 0.05) is 32.2 Å². The molecule has 1 fully saturated rings. The summed E-state index contributed by atoms with van der Waals surface area (Å²) in [6, 6.07) is 5.97. The van der Waals surface area contributed by atoms with E-state index < -0.39 is 6.36 Å². The molecule has 2 rings (SSSR count). The summed E-state index contributed by atoms with van der Waals surface area (Å²) >= 11 is 0. The number of benzene rings is 1. The minimum atomic E-state index is -4.74. The Hall–Kier alpha value is -1.72. The first-order valence-electron chi connectivity index (χ1n) is 8.80. The lowest BCUT2D eigenvalue weighted by Gasteiger charge is -2.33. The number of aliphatic imine (C=N–C) groups is 1. The maximum atomic E-state index is 12.5. The van der Waals surface area contributed by atoms with Crippen molar-refractivity contribution in [2.75, 3.05) is 26.7 Å². The van der Waals surface area contributed by atoms with E-state index in [1.54, 1.807) is 26.1 Å². The van der Waals surface area contributed by atoms with E-state index in [1.165, 1.54) is 12.1 Å². The van der Waals surface area contributed by atoms with Gasteiger partial charge in [0.25, 0.3) is 0 Å². The van der Waals surface area contributed by atoms with Crippen molar-refractivity contribution in [3.63, 3.8) is 0 Å². The molecule has 1 aromatic rings. The van der Waals surface area contributed by atoms with E-state index in [1.807, 2.05) is 4.90 Å². The van der Waals surface area contributed by atoms with Crippen LogP contribution >= 0.6 is 24.0 Å². The Balaban J connectivity index is 0.00000392. The summed E-state index contributed by atoms with van der Waals surface area (Å²) in [5, 5.41) is 3.06. The molecule has 0 bridgehead atoms. The third kappa shape index (κ3) is 7.36. The molecule has 1 aliphatic rings. The number of alkyl halides is 3. The number of hydrogen-bond acceptors (Lipinski definition) is 4. The second-order valence-electron chi connectivity index (χ2n) is 6.07. The zero-order valence-corrected chi connectivity index (χ0v) is 18.1. The van der Waals surface area contributed by atoms with Crippen LogP contribution in [0.1, 0.15) is 25.3 Å². The summed E-state index contributed by atoms with van der Waals surface area (Å²) < 4.78 is 46.7. The molecule has 10 heteroatoms. The average molecular weight is 515 g/mol. The fraction of sp³-hybridized carbons (Fsp3) is 0.556. The highest BCUT2D eigenvalue weighted by atomic mass is 127. The molecule has 0 amide bonds. The van der Waals surface area contributed by atoms with E-state index >= 15 is 0 Å². The van der Waals surface area contributed by atoms with Gasteiger partial charge in [0.1, 0.15) is 5.75 Å². The van der Waals surface area contributed by atoms with Crippen molar-refractivity contribution in [3.8, 4) is 5.75 Å². The van der Waals surface area contributed by atoms with Crippen LogP contribution in [0.2, 0.25) is 0 Å². The largest absolute Gasteiger partial charge is 0.573 e. The Morgan fingerprint density at radius 1 is 1.29 bits per heavy atom. The van der Waals surface area contributed by atoms with Crippen molar-refractivity contribution < 1.29 is 27.4 Å².